The van der Waals surface area contributed by atoms with E-state index in [0.29, 0.717) is 5.69 Å². The van der Waals surface area contributed by atoms with Crippen LogP contribution in [-0.2, 0) is 4.79 Å². The molecule has 0 aliphatic heterocycles. The molecule has 0 saturated heterocycles. The van der Waals surface area contributed by atoms with E-state index in [2.05, 4.69) is 10.3 Å². The lowest BCUT2D eigenvalue weighted by Gasteiger charge is -2.17. The highest BCUT2D eigenvalue weighted by atomic mass is 35.5. The van der Waals surface area contributed by atoms with Crippen molar-refractivity contribution in [1.82, 2.24) is 4.98 Å². The summed E-state index contributed by atoms with van der Waals surface area (Å²) < 4.78 is 0. The van der Waals surface area contributed by atoms with Gasteiger partial charge < -0.3 is 11.1 Å². The van der Waals surface area contributed by atoms with E-state index < -0.39 is 6.04 Å². The Morgan fingerprint density at radius 2 is 2.06 bits per heavy atom. The number of aromatic nitrogens is 1. The van der Waals surface area contributed by atoms with Crippen molar-refractivity contribution in [2.75, 3.05) is 5.32 Å². The summed E-state index contributed by atoms with van der Waals surface area (Å²) in [5.74, 6) is 0.0273. The lowest BCUT2D eigenvalue weighted by molar-refractivity contribution is -0.118. The van der Waals surface area contributed by atoms with Gasteiger partial charge in [0.1, 0.15) is 0 Å². The molecule has 1 aromatic rings. The fourth-order valence-electron chi connectivity index (χ4n) is 1.36. The number of anilines is 1. The molecule has 1 amide bonds. The van der Waals surface area contributed by atoms with E-state index in [1.807, 2.05) is 26.8 Å². The van der Waals surface area contributed by atoms with Crippen molar-refractivity contribution in [2.45, 2.75) is 33.2 Å². The van der Waals surface area contributed by atoms with Crippen LogP contribution < -0.4 is 11.1 Å². The lowest BCUT2D eigenvalue weighted by atomic mass is 9.99. The SMILES string of the molecule is CCC(C)C(N)C(=O)Nc1cncc(C)c1.Cl.Cl. The van der Waals surface area contributed by atoms with Gasteiger partial charge in [0.15, 0.2) is 0 Å². The standard InChI is InChI=1S/C12H19N3O.2ClH/c1-4-9(3)11(13)12(16)15-10-5-8(2)6-14-7-10;;/h5-7,9,11H,4,13H2,1-3H3,(H,15,16);2*1H. The summed E-state index contributed by atoms with van der Waals surface area (Å²) in [6.07, 6.45) is 4.25. The normalized spacial score (nSPS) is 12.7. The second kappa shape index (κ2) is 9.14. The predicted molar refractivity (Wildman–Crippen MR) is 79.5 cm³/mol. The highest BCUT2D eigenvalue weighted by Gasteiger charge is 2.19. The molecule has 104 valence electrons. The van der Waals surface area contributed by atoms with Gasteiger partial charge in [0.25, 0.3) is 0 Å². The minimum atomic E-state index is -0.467. The Morgan fingerprint density at radius 1 is 1.44 bits per heavy atom. The van der Waals surface area contributed by atoms with Crippen LogP contribution in [-0.4, -0.2) is 16.9 Å². The van der Waals surface area contributed by atoms with Gasteiger partial charge in [0.05, 0.1) is 17.9 Å². The van der Waals surface area contributed by atoms with Gasteiger partial charge in [0, 0.05) is 6.20 Å². The molecule has 0 bridgehead atoms. The predicted octanol–water partition coefficient (Wildman–Crippen LogP) is 2.55. The molecule has 6 heteroatoms. The highest BCUT2D eigenvalue weighted by molar-refractivity contribution is 5.94. The van der Waals surface area contributed by atoms with Crippen LogP contribution in [0.25, 0.3) is 0 Å². The Hall–Kier alpha value is -0.840. The molecule has 2 atom stereocenters. The van der Waals surface area contributed by atoms with E-state index in [9.17, 15) is 4.79 Å². The second-order valence-corrected chi connectivity index (χ2v) is 4.15. The smallest absolute Gasteiger partial charge is 0.241 e. The van der Waals surface area contributed by atoms with E-state index >= 15 is 0 Å². The molecule has 4 nitrogen and oxygen atoms in total. The summed E-state index contributed by atoms with van der Waals surface area (Å²) in [4.78, 5) is 15.8. The summed E-state index contributed by atoms with van der Waals surface area (Å²) in [5.41, 5.74) is 7.53. The minimum Gasteiger partial charge on any atom is -0.323 e. The number of carbonyl (C=O) groups is 1. The van der Waals surface area contributed by atoms with E-state index in [1.165, 1.54) is 0 Å². The van der Waals surface area contributed by atoms with Crippen LogP contribution in [0.3, 0.4) is 0 Å². The number of nitrogens with one attached hydrogen (secondary N) is 1. The summed E-state index contributed by atoms with van der Waals surface area (Å²) in [6.45, 7) is 5.92. The minimum absolute atomic E-state index is 0. The van der Waals surface area contributed by atoms with Crippen molar-refractivity contribution in [3.8, 4) is 0 Å². The fourth-order valence-corrected chi connectivity index (χ4v) is 1.36. The third-order valence-electron chi connectivity index (χ3n) is 2.70. The monoisotopic (exact) mass is 293 g/mol. The summed E-state index contributed by atoms with van der Waals surface area (Å²) in [6, 6.07) is 1.40. The molecule has 3 N–H and O–H groups in total. The van der Waals surface area contributed by atoms with Gasteiger partial charge in [-0.1, -0.05) is 20.3 Å². The summed E-state index contributed by atoms with van der Waals surface area (Å²) in [7, 11) is 0. The molecular weight excluding hydrogens is 273 g/mol. The molecule has 0 aromatic carbocycles. The van der Waals surface area contributed by atoms with Crippen LogP contribution in [0.1, 0.15) is 25.8 Å². The Bertz CT molecular complexity index is 374. The number of amides is 1. The van der Waals surface area contributed by atoms with Crippen molar-refractivity contribution in [2.24, 2.45) is 11.7 Å². The molecule has 18 heavy (non-hydrogen) atoms. The zero-order chi connectivity index (χ0) is 12.1. The molecule has 2 unspecified atom stereocenters. The molecule has 1 aromatic heterocycles. The van der Waals surface area contributed by atoms with Crippen molar-refractivity contribution in [1.29, 1.82) is 0 Å². The van der Waals surface area contributed by atoms with Gasteiger partial charge in [-0.15, -0.1) is 24.8 Å². The zero-order valence-electron chi connectivity index (χ0n) is 10.8. The van der Waals surface area contributed by atoms with Crippen LogP contribution in [0.4, 0.5) is 5.69 Å². The Kier molecular flexibility index (Phi) is 9.90. The number of hydrogen-bond acceptors (Lipinski definition) is 3. The number of nitrogens with two attached hydrogens (primary N) is 1. The number of carbonyl (C=O) groups excluding carboxylic acids is 1. The van der Waals surface area contributed by atoms with Crippen LogP contribution in [0.2, 0.25) is 0 Å². The van der Waals surface area contributed by atoms with E-state index in [4.69, 9.17) is 5.73 Å². The number of hydrogen-bond donors (Lipinski definition) is 2. The average molecular weight is 294 g/mol. The molecule has 1 rings (SSSR count). The Morgan fingerprint density at radius 3 is 2.56 bits per heavy atom. The number of pyridine rings is 1. The fraction of sp³-hybridized carbons (Fsp3) is 0.500. The van der Waals surface area contributed by atoms with Gasteiger partial charge >= 0.3 is 0 Å². The first-order valence-corrected chi connectivity index (χ1v) is 5.52. The maximum atomic E-state index is 11.8. The third-order valence-corrected chi connectivity index (χ3v) is 2.70. The van der Waals surface area contributed by atoms with Gasteiger partial charge in [-0.2, -0.15) is 0 Å². The molecule has 1 heterocycles. The topological polar surface area (TPSA) is 68.0 Å². The maximum Gasteiger partial charge on any atom is 0.241 e. The van der Waals surface area contributed by atoms with Crippen molar-refractivity contribution >= 4 is 36.4 Å². The van der Waals surface area contributed by atoms with E-state index in [0.717, 1.165) is 12.0 Å². The molecule has 0 aliphatic carbocycles. The number of halogens is 2. The number of nitrogens with zero attached hydrogens (tertiary/aromatic N) is 1. The van der Waals surface area contributed by atoms with Gasteiger partial charge in [-0.25, -0.2) is 0 Å². The van der Waals surface area contributed by atoms with Crippen molar-refractivity contribution in [3.05, 3.63) is 24.0 Å². The summed E-state index contributed by atoms with van der Waals surface area (Å²) >= 11 is 0. The summed E-state index contributed by atoms with van der Waals surface area (Å²) in [5, 5.41) is 2.77. The largest absolute Gasteiger partial charge is 0.323 e. The molecule has 0 saturated carbocycles. The Balaban J connectivity index is 0. The lowest BCUT2D eigenvalue weighted by Crippen LogP contribution is -2.40. The van der Waals surface area contributed by atoms with Crippen LogP contribution in [0.5, 0.6) is 0 Å². The van der Waals surface area contributed by atoms with E-state index in [1.54, 1.807) is 12.4 Å². The maximum absolute atomic E-state index is 11.8. The molecule has 0 radical (unpaired) electrons. The van der Waals surface area contributed by atoms with Gasteiger partial charge in [0.2, 0.25) is 5.91 Å². The average Bonchev–Trinajstić information content (AvgIpc) is 2.27. The van der Waals surface area contributed by atoms with Gasteiger partial charge in [-0.05, 0) is 24.5 Å². The van der Waals surface area contributed by atoms with Crippen molar-refractivity contribution in [3.63, 3.8) is 0 Å². The van der Waals surface area contributed by atoms with E-state index in [-0.39, 0.29) is 36.6 Å². The third kappa shape index (κ3) is 5.67. The highest BCUT2D eigenvalue weighted by Crippen LogP contribution is 2.10. The van der Waals surface area contributed by atoms with Crippen molar-refractivity contribution < 1.29 is 4.79 Å². The van der Waals surface area contributed by atoms with Crippen LogP contribution in [0, 0.1) is 12.8 Å². The molecule has 0 spiro atoms. The second-order valence-electron chi connectivity index (χ2n) is 4.15. The quantitative estimate of drug-likeness (QED) is 0.896. The number of rotatable bonds is 4. The molecular formula is C12H21Cl2N3O. The zero-order valence-corrected chi connectivity index (χ0v) is 12.5. The number of aryl methyl sites for hydroxylation is 1. The first kappa shape index (κ1) is 19.5. The van der Waals surface area contributed by atoms with Crippen LogP contribution in [0.15, 0.2) is 18.5 Å². The Labute approximate surface area is 121 Å². The molecule has 0 fully saturated rings. The molecule has 0 aliphatic rings. The first-order chi connectivity index (χ1) is 7.54. The van der Waals surface area contributed by atoms with Crippen LogP contribution >= 0.6 is 24.8 Å². The van der Waals surface area contributed by atoms with Gasteiger partial charge in [-0.3, -0.25) is 9.78 Å². The first-order valence-electron chi connectivity index (χ1n) is 5.52.